The molecule has 9 heteroatoms. The Morgan fingerprint density at radius 3 is 2.26 bits per heavy atom. The standard InChI is InChI=1S/C18H21FN2O5S/c1-20-18(22)13-9-16(25-2)17(26-3)10-15(13)21(27(4,23)24)11-12-7-5-6-8-14(12)19/h5-10H,11H2,1-4H3,(H,20,22). The van der Waals surface area contributed by atoms with Crippen molar-refractivity contribution < 1.29 is 27.1 Å². The number of hydrogen-bond donors (Lipinski definition) is 1. The van der Waals surface area contributed by atoms with Crippen molar-refractivity contribution in [2.45, 2.75) is 6.54 Å². The van der Waals surface area contributed by atoms with E-state index in [1.54, 1.807) is 6.07 Å². The summed E-state index contributed by atoms with van der Waals surface area (Å²) in [4.78, 5) is 12.3. The minimum atomic E-state index is -3.85. The first kappa shape index (κ1) is 20.5. The van der Waals surface area contributed by atoms with Gasteiger partial charge in [-0.25, -0.2) is 12.8 Å². The van der Waals surface area contributed by atoms with Crippen LogP contribution >= 0.6 is 0 Å². The fourth-order valence-corrected chi connectivity index (χ4v) is 3.44. The van der Waals surface area contributed by atoms with Crippen LogP contribution < -0.4 is 19.1 Å². The van der Waals surface area contributed by atoms with Gasteiger partial charge in [-0.3, -0.25) is 9.10 Å². The monoisotopic (exact) mass is 396 g/mol. The molecule has 0 fully saturated rings. The molecule has 1 N–H and O–H groups in total. The van der Waals surface area contributed by atoms with Gasteiger partial charge in [0.05, 0.1) is 38.3 Å². The summed E-state index contributed by atoms with van der Waals surface area (Å²) in [6, 6.07) is 8.60. The SMILES string of the molecule is CNC(=O)c1cc(OC)c(OC)cc1N(Cc1ccccc1F)S(C)(=O)=O. The zero-order chi connectivity index (χ0) is 20.2. The fourth-order valence-electron chi connectivity index (χ4n) is 2.55. The molecule has 0 heterocycles. The van der Waals surface area contributed by atoms with Crippen molar-refractivity contribution in [2.24, 2.45) is 0 Å². The summed E-state index contributed by atoms with van der Waals surface area (Å²) < 4.78 is 50.4. The number of nitrogens with zero attached hydrogens (tertiary/aromatic N) is 1. The number of sulfonamides is 1. The maximum Gasteiger partial charge on any atom is 0.253 e. The smallest absolute Gasteiger partial charge is 0.253 e. The maximum atomic E-state index is 14.1. The number of carbonyl (C=O) groups is 1. The highest BCUT2D eigenvalue weighted by Gasteiger charge is 2.26. The summed E-state index contributed by atoms with van der Waals surface area (Å²) in [5.74, 6) is -0.567. The van der Waals surface area contributed by atoms with E-state index in [9.17, 15) is 17.6 Å². The minimum absolute atomic E-state index is 0.0527. The van der Waals surface area contributed by atoms with Gasteiger partial charge in [-0.15, -0.1) is 0 Å². The first-order valence-corrected chi connectivity index (χ1v) is 9.77. The lowest BCUT2D eigenvalue weighted by Gasteiger charge is -2.26. The summed E-state index contributed by atoms with van der Waals surface area (Å²) in [5, 5.41) is 2.46. The van der Waals surface area contributed by atoms with Gasteiger partial charge in [0.1, 0.15) is 5.82 Å². The van der Waals surface area contributed by atoms with Crippen LogP contribution in [-0.2, 0) is 16.6 Å². The predicted octanol–water partition coefficient (Wildman–Crippen LogP) is 2.17. The number of nitrogens with one attached hydrogen (secondary N) is 1. The number of amides is 1. The number of benzene rings is 2. The Balaban J connectivity index is 2.70. The molecule has 7 nitrogen and oxygen atoms in total. The average molecular weight is 396 g/mol. The highest BCUT2D eigenvalue weighted by atomic mass is 32.2. The van der Waals surface area contributed by atoms with Gasteiger partial charge >= 0.3 is 0 Å². The third-order valence-corrected chi connectivity index (χ3v) is 5.04. The number of rotatable bonds is 7. The lowest BCUT2D eigenvalue weighted by atomic mass is 10.1. The lowest BCUT2D eigenvalue weighted by Crippen LogP contribution is -2.32. The van der Waals surface area contributed by atoms with Crippen molar-refractivity contribution in [3.05, 3.63) is 53.3 Å². The Kier molecular flexibility index (Phi) is 6.27. The molecule has 1 amide bonds. The molecule has 0 spiro atoms. The van der Waals surface area contributed by atoms with E-state index in [0.717, 1.165) is 10.6 Å². The van der Waals surface area contributed by atoms with Crippen LogP contribution in [0, 0.1) is 5.82 Å². The Labute approximate surface area is 157 Å². The van der Waals surface area contributed by atoms with Gasteiger partial charge in [-0.2, -0.15) is 0 Å². The lowest BCUT2D eigenvalue weighted by molar-refractivity contribution is 0.0963. The molecular formula is C18H21FN2O5S. The second kappa shape index (κ2) is 8.26. The van der Waals surface area contributed by atoms with Gasteiger partial charge < -0.3 is 14.8 Å². The third kappa shape index (κ3) is 4.48. The van der Waals surface area contributed by atoms with Crippen LogP contribution in [0.1, 0.15) is 15.9 Å². The largest absolute Gasteiger partial charge is 0.493 e. The Morgan fingerprint density at radius 1 is 1.15 bits per heavy atom. The Hall–Kier alpha value is -2.81. The molecule has 2 aromatic carbocycles. The van der Waals surface area contributed by atoms with E-state index in [2.05, 4.69) is 5.32 Å². The highest BCUT2D eigenvalue weighted by molar-refractivity contribution is 7.92. The Bertz CT molecular complexity index is 947. The van der Waals surface area contributed by atoms with E-state index in [0.29, 0.717) is 0 Å². The molecule has 0 atom stereocenters. The van der Waals surface area contributed by atoms with Gasteiger partial charge in [-0.05, 0) is 12.1 Å². The first-order valence-electron chi connectivity index (χ1n) is 7.92. The van der Waals surface area contributed by atoms with Crippen LogP contribution in [0.25, 0.3) is 0 Å². The number of carbonyl (C=O) groups excluding carboxylic acids is 1. The van der Waals surface area contributed by atoms with Crippen molar-refractivity contribution >= 4 is 21.6 Å². The minimum Gasteiger partial charge on any atom is -0.493 e. The van der Waals surface area contributed by atoms with Crippen LogP contribution in [-0.4, -0.2) is 41.8 Å². The number of methoxy groups -OCH3 is 2. The molecule has 0 unspecified atom stereocenters. The summed E-state index contributed by atoms with van der Waals surface area (Å²) in [6.07, 6.45) is 0.984. The molecule has 2 aromatic rings. The van der Waals surface area contributed by atoms with E-state index in [1.165, 1.54) is 51.6 Å². The molecule has 0 saturated carbocycles. The first-order chi connectivity index (χ1) is 12.7. The van der Waals surface area contributed by atoms with Crippen molar-refractivity contribution in [3.8, 4) is 11.5 Å². The molecular weight excluding hydrogens is 375 g/mol. The van der Waals surface area contributed by atoms with E-state index in [1.807, 2.05) is 0 Å². The summed E-state index contributed by atoms with van der Waals surface area (Å²) in [5.41, 5.74) is 0.273. The van der Waals surface area contributed by atoms with E-state index in [4.69, 9.17) is 9.47 Å². The topological polar surface area (TPSA) is 84.9 Å². The Morgan fingerprint density at radius 2 is 1.74 bits per heavy atom. The van der Waals surface area contributed by atoms with Crippen LogP contribution in [0.15, 0.2) is 36.4 Å². The predicted molar refractivity (Wildman–Crippen MR) is 100 cm³/mol. The molecule has 2 rings (SSSR count). The van der Waals surface area contributed by atoms with Crippen LogP contribution in [0.4, 0.5) is 10.1 Å². The molecule has 0 saturated heterocycles. The maximum absolute atomic E-state index is 14.1. The van der Waals surface area contributed by atoms with Crippen molar-refractivity contribution in [3.63, 3.8) is 0 Å². The molecule has 0 aliphatic heterocycles. The van der Waals surface area contributed by atoms with Gasteiger partial charge in [0.2, 0.25) is 10.0 Å². The quantitative estimate of drug-likeness (QED) is 0.775. The number of hydrogen-bond acceptors (Lipinski definition) is 5. The molecule has 0 radical (unpaired) electrons. The van der Waals surface area contributed by atoms with Gasteiger partial charge in [0, 0.05) is 18.7 Å². The van der Waals surface area contributed by atoms with Gasteiger partial charge in [0.25, 0.3) is 5.91 Å². The summed E-state index contributed by atoms with van der Waals surface area (Å²) in [7, 11) is 0.363. The number of anilines is 1. The van der Waals surface area contributed by atoms with E-state index < -0.39 is 21.7 Å². The van der Waals surface area contributed by atoms with Gasteiger partial charge in [0.15, 0.2) is 11.5 Å². The molecule has 0 aliphatic rings. The van der Waals surface area contributed by atoms with Crippen LogP contribution in [0.5, 0.6) is 11.5 Å². The number of halogens is 1. The molecule has 27 heavy (non-hydrogen) atoms. The van der Waals surface area contributed by atoms with Gasteiger partial charge in [-0.1, -0.05) is 18.2 Å². The fraction of sp³-hybridized carbons (Fsp3) is 0.278. The highest BCUT2D eigenvalue weighted by Crippen LogP contribution is 2.37. The molecule has 0 aromatic heterocycles. The summed E-state index contributed by atoms with van der Waals surface area (Å²) >= 11 is 0. The normalized spacial score (nSPS) is 11.0. The van der Waals surface area contributed by atoms with Crippen LogP contribution in [0.2, 0.25) is 0 Å². The van der Waals surface area contributed by atoms with E-state index in [-0.39, 0.29) is 34.9 Å². The number of ether oxygens (including phenoxy) is 2. The average Bonchev–Trinajstić information content (AvgIpc) is 2.64. The zero-order valence-corrected chi connectivity index (χ0v) is 16.3. The molecule has 146 valence electrons. The van der Waals surface area contributed by atoms with Crippen LogP contribution in [0.3, 0.4) is 0 Å². The molecule has 0 bridgehead atoms. The van der Waals surface area contributed by atoms with Crippen molar-refractivity contribution in [1.82, 2.24) is 5.32 Å². The summed E-state index contributed by atoms with van der Waals surface area (Å²) in [6.45, 7) is -0.287. The molecule has 0 aliphatic carbocycles. The van der Waals surface area contributed by atoms with E-state index >= 15 is 0 Å². The van der Waals surface area contributed by atoms with Crippen molar-refractivity contribution in [2.75, 3.05) is 31.8 Å². The third-order valence-electron chi connectivity index (χ3n) is 3.91. The second-order valence-electron chi connectivity index (χ2n) is 5.66. The zero-order valence-electron chi connectivity index (χ0n) is 15.4. The van der Waals surface area contributed by atoms with Crippen molar-refractivity contribution in [1.29, 1.82) is 0 Å². The second-order valence-corrected chi connectivity index (χ2v) is 7.57.